The zero-order valence-corrected chi connectivity index (χ0v) is 19.3. The van der Waals surface area contributed by atoms with E-state index in [1.54, 1.807) is 46.9 Å². The lowest BCUT2D eigenvalue weighted by atomic mass is 9.99. The van der Waals surface area contributed by atoms with Gasteiger partial charge in [0.15, 0.2) is 5.78 Å². The highest BCUT2D eigenvalue weighted by atomic mass is 32.1. The first kappa shape index (κ1) is 19.8. The summed E-state index contributed by atoms with van der Waals surface area (Å²) in [6.45, 7) is 0. The monoisotopic (exact) mass is 477 g/mol. The quantitative estimate of drug-likeness (QED) is 0.197. The average molecular weight is 478 g/mol. The number of allylic oxidation sites excluding steroid dienone is 3. The van der Waals surface area contributed by atoms with E-state index in [0.29, 0.717) is 22.3 Å². The standard InChI is InChI=1S/C26H11N3OS3/c27-12-15(13-28)23-17-6-2-3-7-18(17)24(30)19(23)10-16-11-22-25(31-16)29-26(33-22)21-9-14-5-1-4-8-20(14)32-21/h1-11H/b19-10-. The Bertz CT molecular complexity index is 1680. The van der Waals surface area contributed by atoms with Crippen LogP contribution in [0.3, 0.4) is 0 Å². The fourth-order valence-corrected chi connectivity index (χ4v) is 7.28. The van der Waals surface area contributed by atoms with Gasteiger partial charge < -0.3 is 0 Å². The molecular weight excluding hydrogens is 467 g/mol. The summed E-state index contributed by atoms with van der Waals surface area (Å²) in [5.41, 5.74) is 1.90. The Hall–Kier alpha value is -3.88. The molecule has 0 atom stereocenters. The minimum Gasteiger partial charge on any atom is -0.289 e. The molecule has 0 amide bonds. The van der Waals surface area contributed by atoms with Crippen LogP contribution in [0.25, 0.3) is 41.2 Å². The van der Waals surface area contributed by atoms with Crippen LogP contribution in [0.1, 0.15) is 20.8 Å². The number of hydrogen-bond donors (Lipinski definition) is 0. The predicted octanol–water partition coefficient (Wildman–Crippen LogP) is 7.32. The third-order valence-electron chi connectivity index (χ3n) is 5.46. The number of fused-ring (bicyclic) bond motifs is 3. The topological polar surface area (TPSA) is 77.5 Å². The van der Waals surface area contributed by atoms with Crippen LogP contribution in [0.5, 0.6) is 0 Å². The summed E-state index contributed by atoms with van der Waals surface area (Å²) in [4.78, 5) is 20.9. The van der Waals surface area contributed by atoms with Crippen molar-refractivity contribution in [1.82, 2.24) is 4.98 Å². The molecule has 0 radical (unpaired) electrons. The Labute approximate surface area is 200 Å². The Morgan fingerprint density at radius 2 is 1.64 bits per heavy atom. The highest BCUT2D eigenvalue weighted by Gasteiger charge is 2.32. The maximum atomic E-state index is 13.1. The van der Waals surface area contributed by atoms with Crippen molar-refractivity contribution < 1.29 is 4.79 Å². The van der Waals surface area contributed by atoms with Crippen LogP contribution in [-0.2, 0) is 0 Å². The normalized spacial score (nSPS) is 14.1. The second-order valence-corrected chi connectivity index (χ2v) is 10.6. The number of Topliss-reactive ketones (excluding diaryl/α,β-unsaturated/α-hetero) is 1. The van der Waals surface area contributed by atoms with Gasteiger partial charge >= 0.3 is 0 Å². The van der Waals surface area contributed by atoms with Gasteiger partial charge in [0.25, 0.3) is 0 Å². The Kier molecular flexibility index (Phi) is 4.56. The molecule has 4 nitrogen and oxygen atoms in total. The van der Waals surface area contributed by atoms with Gasteiger partial charge in [-0.25, -0.2) is 4.98 Å². The van der Waals surface area contributed by atoms with Crippen LogP contribution >= 0.6 is 34.0 Å². The van der Waals surface area contributed by atoms with Gasteiger partial charge in [-0.15, -0.1) is 34.0 Å². The number of benzene rings is 2. The van der Waals surface area contributed by atoms with Gasteiger partial charge in [-0.1, -0.05) is 42.5 Å². The van der Waals surface area contributed by atoms with E-state index in [0.717, 1.165) is 24.3 Å². The molecule has 33 heavy (non-hydrogen) atoms. The summed E-state index contributed by atoms with van der Waals surface area (Å²) in [7, 11) is 0. The second-order valence-electron chi connectivity index (χ2n) is 7.39. The highest BCUT2D eigenvalue weighted by Crippen LogP contribution is 2.43. The minimum absolute atomic E-state index is 0.0527. The van der Waals surface area contributed by atoms with Crippen molar-refractivity contribution in [3.63, 3.8) is 0 Å². The zero-order valence-electron chi connectivity index (χ0n) is 16.8. The van der Waals surface area contributed by atoms with Crippen LogP contribution < -0.4 is 0 Å². The zero-order chi connectivity index (χ0) is 22.5. The highest BCUT2D eigenvalue weighted by molar-refractivity contribution is 7.31. The van der Waals surface area contributed by atoms with E-state index in [2.05, 4.69) is 18.2 Å². The van der Waals surface area contributed by atoms with E-state index in [1.807, 2.05) is 36.4 Å². The fourth-order valence-electron chi connectivity index (χ4n) is 4.01. The number of thiazole rings is 1. The van der Waals surface area contributed by atoms with Crippen molar-refractivity contribution in [2.45, 2.75) is 0 Å². The molecule has 0 unspecified atom stereocenters. The van der Waals surface area contributed by atoms with E-state index in [4.69, 9.17) is 4.98 Å². The number of thiophene rings is 2. The first-order valence-corrected chi connectivity index (χ1v) is 12.4. The van der Waals surface area contributed by atoms with Gasteiger partial charge in [-0.05, 0) is 35.2 Å². The van der Waals surface area contributed by atoms with E-state index in [1.165, 1.54) is 21.4 Å². The number of carbonyl (C=O) groups excluding carboxylic acids is 1. The smallest absolute Gasteiger partial charge is 0.194 e. The number of rotatable bonds is 2. The third-order valence-corrected chi connectivity index (χ3v) is 8.85. The molecule has 0 fully saturated rings. The third kappa shape index (κ3) is 3.14. The molecule has 1 aliphatic rings. The van der Waals surface area contributed by atoms with Crippen LogP contribution in [-0.4, -0.2) is 10.8 Å². The number of nitrogens with zero attached hydrogens (tertiary/aromatic N) is 3. The summed E-state index contributed by atoms with van der Waals surface area (Å²) < 4.78 is 2.29. The lowest BCUT2D eigenvalue weighted by Crippen LogP contribution is -1.95. The Morgan fingerprint density at radius 3 is 2.39 bits per heavy atom. The van der Waals surface area contributed by atoms with Gasteiger partial charge in [0.05, 0.1) is 9.58 Å². The van der Waals surface area contributed by atoms with Gasteiger partial charge in [-0.3, -0.25) is 4.79 Å². The van der Waals surface area contributed by atoms with Crippen LogP contribution in [0.4, 0.5) is 0 Å². The van der Waals surface area contributed by atoms with Crippen molar-refractivity contribution in [2.75, 3.05) is 0 Å². The molecule has 0 N–H and O–H groups in total. The molecule has 5 aromatic rings. The molecule has 0 spiro atoms. The summed E-state index contributed by atoms with van der Waals surface area (Å²) in [6.07, 6.45) is 1.78. The number of ketones is 1. The number of aromatic nitrogens is 1. The lowest BCUT2D eigenvalue weighted by molar-refractivity contribution is 0.104. The average Bonchev–Trinajstić information content (AvgIpc) is 3.57. The summed E-state index contributed by atoms with van der Waals surface area (Å²) in [5.74, 6) is -0.167. The summed E-state index contributed by atoms with van der Waals surface area (Å²) in [5, 5.41) is 21.2. The van der Waals surface area contributed by atoms with Gasteiger partial charge in [-0.2, -0.15) is 10.5 Å². The molecule has 1 aliphatic carbocycles. The first-order valence-electron chi connectivity index (χ1n) is 9.96. The van der Waals surface area contributed by atoms with Crippen LogP contribution in [0.2, 0.25) is 0 Å². The van der Waals surface area contributed by atoms with Gasteiger partial charge in [0.1, 0.15) is 27.5 Å². The molecule has 3 aromatic heterocycles. The van der Waals surface area contributed by atoms with Crippen molar-refractivity contribution in [2.24, 2.45) is 0 Å². The lowest BCUT2D eigenvalue weighted by Gasteiger charge is -2.01. The molecule has 154 valence electrons. The molecule has 0 saturated carbocycles. The number of hydrogen-bond acceptors (Lipinski definition) is 7. The minimum atomic E-state index is -0.167. The summed E-state index contributed by atoms with van der Waals surface area (Å²) in [6, 6.07) is 23.5. The molecule has 3 heterocycles. The maximum Gasteiger partial charge on any atom is 0.194 e. The van der Waals surface area contributed by atoms with Crippen LogP contribution in [0, 0.1) is 22.7 Å². The second kappa shape index (κ2) is 7.61. The van der Waals surface area contributed by atoms with Gasteiger partial charge in [0.2, 0.25) is 0 Å². The predicted molar refractivity (Wildman–Crippen MR) is 135 cm³/mol. The van der Waals surface area contributed by atoms with E-state index >= 15 is 0 Å². The first-order chi connectivity index (χ1) is 16.2. The van der Waals surface area contributed by atoms with E-state index < -0.39 is 0 Å². The number of nitriles is 2. The molecule has 0 aliphatic heterocycles. The molecule has 6 rings (SSSR count). The van der Waals surface area contributed by atoms with E-state index in [-0.39, 0.29) is 11.4 Å². The molecule has 2 aromatic carbocycles. The Balaban J connectivity index is 1.43. The molecular formula is C26H11N3OS3. The van der Waals surface area contributed by atoms with E-state index in [9.17, 15) is 15.3 Å². The molecule has 0 bridgehead atoms. The van der Waals surface area contributed by atoms with Crippen molar-refractivity contribution in [3.05, 3.63) is 87.8 Å². The summed E-state index contributed by atoms with van der Waals surface area (Å²) >= 11 is 4.86. The molecule has 7 heteroatoms. The maximum absolute atomic E-state index is 13.1. The van der Waals surface area contributed by atoms with Crippen LogP contribution in [0.15, 0.2) is 71.8 Å². The number of carbonyl (C=O) groups is 1. The molecule has 0 saturated heterocycles. The van der Waals surface area contributed by atoms with Crippen molar-refractivity contribution in [1.29, 1.82) is 10.5 Å². The van der Waals surface area contributed by atoms with Gasteiger partial charge in [0, 0.05) is 26.3 Å². The van der Waals surface area contributed by atoms with Crippen molar-refractivity contribution in [3.8, 4) is 22.0 Å². The Morgan fingerprint density at radius 1 is 0.879 bits per heavy atom. The van der Waals surface area contributed by atoms with Crippen molar-refractivity contribution >= 4 is 71.1 Å². The largest absolute Gasteiger partial charge is 0.289 e. The fraction of sp³-hybridized carbons (Fsp3) is 0. The SMILES string of the molecule is N#CC(C#N)=C1/C(=C/c2cc3sc(-c4cc5ccccc5s4)nc3s2)C(=O)c2ccccc21.